The Morgan fingerprint density at radius 3 is 2.43 bits per heavy atom. The molecule has 0 N–H and O–H groups in total. The van der Waals surface area contributed by atoms with E-state index in [9.17, 15) is 14.7 Å². The first-order valence-corrected chi connectivity index (χ1v) is 8.53. The second-order valence-electron chi connectivity index (χ2n) is 6.17. The van der Waals surface area contributed by atoms with Crippen molar-refractivity contribution < 1.29 is 28.5 Å². The molecule has 7 nitrogen and oxygen atoms in total. The number of carbonyl (C=O) groups is 1. The quantitative estimate of drug-likeness (QED) is 0.644. The molecule has 0 saturated carbocycles. The van der Waals surface area contributed by atoms with Crippen LogP contribution in [0.5, 0.6) is 17.2 Å². The highest BCUT2D eigenvalue weighted by Gasteiger charge is 2.16. The topological polar surface area (TPSA) is 98.0 Å². The molecule has 1 atom stereocenters. The summed E-state index contributed by atoms with van der Waals surface area (Å²) in [4.78, 5) is 23.9. The zero-order chi connectivity index (χ0) is 20.4. The second kappa shape index (κ2) is 7.64. The molecule has 28 heavy (non-hydrogen) atoms. The van der Waals surface area contributed by atoms with Gasteiger partial charge in [0, 0.05) is 6.07 Å². The summed E-state index contributed by atoms with van der Waals surface area (Å²) in [5.41, 5.74) is 1.13. The van der Waals surface area contributed by atoms with E-state index in [2.05, 4.69) is 0 Å². The van der Waals surface area contributed by atoms with Crippen LogP contribution in [0.2, 0.25) is 0 Å². The molecule has 2 aromatic carbocycles. The number of carboxylic acid groups (broad SMARTS) is 1. The SMILES string of the molecule is COc1ccc(-c2c(C)oc3cc(O[C@@H](C)C(=O)[O-])ccc3c2=O)cc1OC. The van der Waals surface area contributed by atoms with E-state index in [-0.39, 0.29) is 11.2 Å². The van der Waals surface area contributed by atoms with Crippen LogP contribution in [0, 0.1) is 6.92 Å². The monoisotopic (exact) mass is 383 g/mol. The molecule has 0 aliphatic heterocycles. The summed E-state index contributed by atoms with van der Waals surface area (Å²) in [6.07, 6.45) is -1.13. The van der Waals surface area contributed by atoms with Crippen molar-refractivity contribution in [1.82, 2.24) is 0 Å². The summed E-state index contributed by atoms with van der Waals surface area (Å²) in [6, 6.07) is 9.74. The molecule has 0 fully saturated rings. The number of fused-ring (bicyclic) bond motifs is 1. The molecular formula is C21H19O7-. The van der Waals surface area contributed by atoms with Crippen LogP contribution < -0.4 is 24.7 Å². The predicted octanol–water partition coefficient (Wildman–Crippen LogP) is 2.30. The van der Waals surface area contributed by atoms with Gasteiger partial charge in [0.1, 0.15) is 23.2 Å². The number of rotatable bonds is 6. The Morgan fingerprint density at radius 2 is 1.79 bits per heavy atom. The fourth-order valence-corrected chi connectivity index (χ4v) is 2.94. The molecule has 146 valence electrons. The molecule has 0 aliphatic carbocycles. The number of hydrogen-bond donors (Lipinski definition) is 0. The van der Waals surface area contributed by atoms with Gasteiger partial charge in [-0.1, -0.05) is 6.07 Å². The molecule has 1 aromatic heterocycles. The van der Waals surface area contributed by atoms with E-state index in [4.69, 9.17) is 18.6 Å². The average molecular weight is 383 g/mol. The van der Waals surface area contributed by atoms with E-state index in [1.54, 1.807) is 31.2 Å². The first-order chi connectivity index (χ1) is 13.3. The van der Waals surface area contributed by atoms with Crippen molar-refractivity contribution in [3.05, 3.63) is 52.4 Å². The maximum absolute atomic E-state index is 13.1. The number of methoxy groups -OCH3 is 2. The summed E-state index contributed by atoms with van der Waals surface area (Å²) in [7, 11) is 3.06. The van der Waals surface area contributed by atoms with Crippen molar-refractivity contribution in [3.63, 3.8) is 0 Å². The van der Waals surface area contributed by atoms with Gasteiger partial charge in [-0.25, -0.2) is 0 Å². The van der Waals surface area contributed by atoms with Gasteiger partial charge in [-0.3, -0.25) is 4.79 Å². The average Bonchev–Trinajstić information content (AvgIpc) is 2.67. The molecule has 0 radical (unpaired) electrons. The van der Waals surface area contributed by atoms with Crippen LogP contribution >= 0.6 is 0 Å². The number of hydrogen-bond acceptors (Lipinski definition) is 7. The minimum Gasteiger partial charge on any atom is -0.546 e. The molecule has 1 heterocycles. The van der Waals surface area contributed by atoms with Crippen molar-refractivity contribution >= 4 is 16.9 Å². The number of benzene rings is 2. The number of carbonyl (C=O) groups excluding carboxylic acids is 1. The third-order valence-corrected chi connectivity index (χ3v) is 4.36. The van der Waals surface area contributed by atoms with Crippen LogP contribution in [-0.4, -0.2) is 26.3 Å². The summed E-state index contributed by atoms with van der Waals surface area (Å²) in [6.45, 7) is 3.05. The van der Waals surface area contributed by atoms with Crippen molar-refractivity contribution in [3.8, 4) is 28.4 Å². The molecular weight excluding hydrogens is 364 g/mol. The Balaban J connectivity index is 2.11. The van der Waals surface area contributed by atoms with Gasteiger partial charge in [-0.2, -0.15) is 0 Å². The second-order valence-corrected chi connectivity index (χ2v) is 6.17. The Hall–Kier alpha value is -3.48. The van der Waals surface area contributed by atoms with Crippen molar-refractivity contribution in [2.75, 3.05) is 14.2 Å². The number of aryl methyl sites for hydroxylation is 1. The predicted molar refractivity (Wildman–Crippen MR) is 101 cm³/mol. The lowest BCUT2D eigenvalue weighted by Crippen LogP contribution is -2.37. The highest BCUT2D eigenvalue weighted by molar-refractivity contribution is 5.84. The van der Waals surface area contributed by atoms with Crippen molar-refractivity contribution in [1.29, 1.82) is 0 Å². The fourth-order valence-electron chi connectivity index (χ4n) is 2.94. The smallest absolute Gasteiger partial charge is 0.200 e. The number of aliphatic carboxylic acids is 1. The Kier molecular flexibility index (Phi) is 5.26. The van der Waals surface area contributed by atoms with Crippen LogP contribution in [0.3, 0.4) is 0 Å². The third-order valence-electron chi connectivity index (χ3n) is 4.36. The van der Waals surface area contributed by atoms with Crippen LogP contribution in [0.1, 0.15) is 12.7 Å². The number of carboxylic acids is 1. The highest BCUT2D eigenvalue weighted by Crippen LogP contribution is 2.33. The molecule has 0 unspecified atom stereocenters. The Morgan fingerprint density at radius 1 is 1.07 bits per heavy atom. The van der Waals surface area contributed by atoms with E-state index in [1.165, 1.54) is 33.3 Å². The third kappa shape index (κ3) is 3.51. The minimum absolute atomic E-state index is 0.217. The van der Waals surface area contributed by atoms with Gasteiger partial charge >= 0.3 is 0 Å². The van der Waals surface area contributed by atoms with Crippen molar-refractivity contribution in [2.24, 2.45) is 0 Å². The first-order valence-electron chi connectivity index (χ1n) is 8.53. The lowest BCUT2D eigenvalue weighted by Gasteiger charge is -2.16. The van der Waals surface area contributed by atoms with Gasteiger partial charge in [-0.15, -0.1) is 0 Å². The van der Waals surface area contributed by atoms with E-state index >= 15 is 0 Å². The van der Waals surface area contributed by atoms with Gasteiger partial charge in [0.05, 0.1) is 31.1 Å². The lowest BCUT2D eigenvalue weighted by molar-refractivity contribution is -0.312. The van der Waals surface area contributed by atoms with E-state index in [0.717, 1.165) is 0 Å². The van der Waals surface area contributed by atoms with E-state index in [1.807, 2.05) is 0 Å². The van der Waals surface area contributed by atoms with Crippen LogP contribution in [0.15, 0.2) is 45.6 Å². The van der Waals surface area contributed by atoms with Crippen LogP contribution in [0.25, 0.3) is 22.1 Å². The molecule has 3 rings (SSSR count). The summed E-state index contributed by atoms with van der Waals surface area (Å²) in [5, 5.41) is 11.2. The zero-order valence-electron chi connectivity index (χ0n) is 15.9. The van der Waals surface area contributed by atoms with Gasteiger partial charge in [-0.05, 0) is 43.7 Å². The van der Waals surface area contributed by atoms with Crippen molar-refractivity contribution in [2.45, 2.75) is 20.0 Å². The zero-order valence-corrected chi connectivity index (χ0v) is 15.9. The Labute approximate surface area is 161 Å². The van der Waals surface area contributed by atoms with E-state index in [0.29, 0.717) is 39.4 Å². The van der Waals surface area contributed by atoms with E-state index < -0.39 is 12.1 Å². The summed E-state index contributed by atoms with van der Waals surface area (Å²) >= 11 is 0. The molecule has 0 amide bonds. The fraction of sp³-hybridized carbons (Fsp3) is 0.238. The largest absolute Gasteiger partial charge is 0.546 e. The maximum atomic E-state index is 13.1. The normalized spacial score (nSPS) is 11.9. The van der Waals surface area contributed by atoms with Gasteiger partial charge in [0.2, 0.25) is 5.43 Å². The molecule has 0 aliphatic rings. The highest BCUT2D eigenvalue weighted by atomic mass is 16.5. The summed E-state index contributed by atoms with van der Waals surface area (Å²) in [5.74, 6) is 0.402. The molecule has 3 aromatic rings. The number of ether oxygens (including phenoxy) is 3. The maximum Gasteiger partial charge on any atom is 0.200 e. The van der Waals surface area contributed by atoms with Gasteiger partial charge in [0.25, 0.3) is 0 Å². The molecule has 0 bridgehead atoms. The minimum atomic E-state index is -1.33. The Bertz CT molecular complexity index is 1100. The van der Waals surface area contributed by atoms with Crippen LogP contribution in [-0.2, 0) is 4.79 Å². The molecule has 7 heteroatoms. The molecule has 0 saturated heterocycles. The molecule has 0 spiro atoms. The van der Waals surface area contributed by atoms with Crippen LogP contribution in [0.4, 0.5) is 0 Å². The van der Waals surface area contributed by atoms with Gasteiger partial charge < -0.3 is 28.5 Å². The standard InChI is InChI=1S/C21H20O7/c1-11-19(13-5-8-16(25-3)18(9-13)26-4)20(22)15-7-6-14(10-17(15)28-11)27-12(2)21(23)24/h5-10,12H,1-4H3,(H,23,24)/p-1/t12-/m0/s1. The lowest BCUT2D eigenvalue weighted by atomic mass is 10.0. The van der Waals surface area contributed by atoms with Gasteiger partial charge in [0.15, 0.2) is 11.5 Å². The first kappa shape index (κ1) is 19.3. The summed E-state index contributed by atoms with van der Waals surface area (Å²) < 4.78 is 21.6.